The maximum absolute atomic E-state index is 13.2. The molecule has 0 bridgehead atoms. The number of methoxy groups -OCH3 is 1. The molecule has 0 spiro atoms. The first-order valence-corrected chi connectivity index (χ1v) is 10.2. The molecule has 2 heterocycles. The molecule has 1 unspecified atom stereocenters. The van der Waals surface area contributed by atoms with Crippen LogP contribution in [0.1, 0.15) is 35.5 Å². The number of aromatic nitrogens is 1. The van der Waals surface area contributed by atoms with Crippen molar-refractivity contribution in [1.29, 1.82) is 5.26 Å². The highest BCUT2D eigenvalue weighted by molar-refractivity contribution is 6.02. The van der Waals surface area contributed by atoms with Crippen LogP contribution < -0.4 is 4.90 Å². The lowest BCUT2D eigenvalue weighted by Gasteiger charge is -2.20. The first-order valence-electron chi connectivity index (χ1n) is 10.2. The molecule has 6 heteroatoms. The fourth-order valence-corrected chi connectivity index (χ4v) is 4.28. The van der Waals surface area contributed by atoms with Crippen LogP contribution in [-0.4, -0.2) is 49.2 Å². The number of amides is 1. The van der Waals surface area contributed by atoms with E-state index in [0.29, 0.717) is 19.7 Å². The molecule has 1 atom stereocenters. The lowest BCUT2D eigenvalue weighted by atomic mass is 10.1. The lowest BCUT2D eigenvalue weighted by Crippen LogP contribution is -2.35. The van der Waals surface area contributed by atoms with Crippen LogP contribution in [-0.2, 0) is 16.1 Å². The molecule has 1 aromatic heterocycles. The Morgan fingerprint density at radius 3 is 2.73 bits per heavy atom. The maximum Gasteiger partial charge on any atom is 0.264 e. The van der Waals surface area contributed by atoms with Crippen molar-refractivity contribution < 1.29 is 9.53 Å². The Labute approximate surface area is 179 Å². The molecule has 3 rings (SSSR count). The highest BCUT2D eigenvalue weighted by atomic mass is 16.5. The molecule has 158 valence electrons. The number of aryl methyl sites for hydroxylation is 1. The van der Waals surface area contributed by atoms with Gasteiger partial charge < -0.3 is 19.1 Å². The monoisotopic (exact) mass is 406 g/mol. The fraction of sp³-hybridized carbons (Fsp3) is 0.417. The number of ether oxygens (including phenoxy) is 1. The van der Waals surface area contributed by atoms with Crippen molar-refractivity contribution in [1.82, 2.24) is 9.47 Å². The van der Waals surface area contributed by atoms with E-state index in [1.54, 1.807) is 18.1 Å². The fourth-order valence-electron chi connectivity index (χ4n) is 4.28. The number of carbonyl (C=O) groups is 1. The normalized spacial score (nSPS) is 15.4. The van der Waals surface area contributed by atoms with Crippen molar-refractivity contribution in [3.8, 4) is 6.07 Å². The highest BCUT2D eigenvalue weighted by Gasteiger charge is 2.24. The van der Waals surface area contributed by atoms with Crippen molar-refractivity contribution in [2.45, 2.75) is 33.4 Å². The van der Waals surface area contributed by atoms with Crippen LogP contribution in [0, 0.1) is 25.2 Å². The number of anilines is 1. The number of hydrogen-bond acceptors (Lipinski definition) is 4. The molecule has 1 aliphatic heterocycles. The Morgan fingerprint density at radius 1 is 1.30 bits per heavy atom. The molecule has 6 nitrogen and oxygen atoms in total. The minimum atomic E-state index is -0.225. The van der Waals surface area contributed by atoms with Gasteiger partial charge in [0, 0.05) is 50.9 Å². The van der Waals surface area contributed by atoms with Crippen molar-refractivity contribution in [2.75, 3.05) is 38.8 Å². The number of likely N-dealkylation sites (N-methyl/N-ethyl adjacent to an activating group) is 1. The van der Waals surface area contributed by atoms with Crippen molar-refractivity contribution in [2.24, 2.45) is 0 Å². The summed E-state index contributed by atoms with van der Waals surface area (Å²) in [7, 11) is 3.72. The van der Waals surface area contributed by atoms with E-state index < -0.39 is 0 Å². The molecule has 1 amide bonds. The predicted octanol–water partition coefficient (Wildman–Crippen LogP) is 3.70. The molecular formula is C24H30N4O2. The summed E-state index contributed by atoms with van der Waals surface area (Å²) in [6, 6.07) is 12.4. The topological polar surface area (TPSA) is 61.5 Å². The van der Waals surface area contributed by atoms with Gasteiger partial charge in [0.05, 0.1) is 12.6 Å². The smallest absolute Gasteiger partial charge is 0.264 e. The van der Waals surface area contributed by atoms with Crippen molar-refractivity contribution in [3.63, 3.8) is 0 Å². The zero-order chi connectivity index (χ0) is 21.8. The van der Waals surface area contributed by atoms with Gasteiger partial charge in [-0.05, 0) is 50.1 Å². The van der Waals surface area contributed by atoms with E-state index in [9.17, 15) is 10.1 Å². The summed E-state index contributed by atoms with van der Waals surface area (Å²) in [6.07, 6.45) is 1.72. The molecule has 0 fully saturated rings. The number of rotatable bonds is 5. The van der Waals surface area contributed by atoms with Crippen LogP contribution in [0.3, 0.4) is 0 Å². The molecule has 0 saturated carbocycles. The van der Waals surface area contributed by atoms with E-state index in [0.717, 1.165) is 34.7 Å². The van der Waals surface area contributed by atoms with E-state index >= 15 is 0 Å². The summed E-state index contributed by atoms with van der Waals surface area (Å²) < 4.78 is 7.48. The van der Waals surface area contributed by atoms with Crippen molar-refractivity contribution in [3.05, 3.63) is 58.4 Å². The first-order chi connectivity index (χ1) is 14.4. The summed E-state index contributed by atoms with van der Waals surface area (Å²) >= 11 is 0. The van der Waals surface area contributed by atoms with Gasteiger partial charge in [-0.3, -0.25) is 4.79 Å². The van der Waals surface area contributed by atoms with Gasteiger partial charge in [0.1, 0.15) is 11.6 Å². The third-order valence-electron chi connectivity index (χ3n) is 5.78. The van der Waals surface area contributed by atoms with Gasteiger partial charge in [-0.1, -0.05) is 18.2 Å². The van der Waals surface area contributed by atoms with E-state index in [2.05, 4.69) is 28.5 Å². The second-order valence-electron chi connectivity index (χ2n) is 7.95. The summed E-state index contributed by atoms with van der Waals surface area (Å²) in [5.41, 5.74) is 5.39. The van der Waals surface area contributed by atoms with E-state index in [1.807, 2.05) is 45.2 Å². The van der Waals surface area contributed by atoms with Gasteiger partial charge in [-0.25, -0.2) is 0 Å². The van der Waals surface area contributed by atoms with Gasteiger partial charge in [0.25, 0.3) is 5.91 Å². The molecule has 0 N–H and O–H groups in total. The molecule has 1 aliphatic rings. The molecule has 30 heavy (non-hydrogen) atoms. The molecule has 0 radical (unpaired) electrons. The Morgan fingerprint density at radius 2 is 2.03 bits per heavy atom. The number of nitrogens with zero attached hydrogens (tertiary/aromatic N) is 4. The van der Waals surface area contributed by atoms with Crippen LogP contribution in [0.15, 0.2) is 35.9 Å². The summed E-state index contributed by atoms with van der Waals surface area (Å²) in [4.78, 5) is 17.2. The van der Waals surface area contributed by atoms with Gasteiger partial charge >= 0.3 is 0 Å². The van der Waals surface area contributed by atoms with Gasteiger partial charge in [-0.2, -0.15) is 5.26 Å². The third-order valence-corrected chi connectivity index (χ3v) is 5.78. The van der Waals surface area contributed by atoms with E-state index in [1.165, 1.54) is 0 Å². The SMILES string of the molecule is COCC(C)n1c(C)cc(/C=C(/C#N)C(=O)N2CCN(C)c3ccccc3C2)c1C. The summed E-state index contributed by atoms with van der Waals surface area (Å²) in [5.74, 6) is -0.225. The summed E-state index contributed by atoms with van der Waals surface area (Å²) in [6.45, 7) is 8.55. The first kappa shape index (κ1) is 21.7. The van der Waals surface area contributed by atoms with E-state index in [4.69, 9.17) is 4.74 Å². The number of nitriles is 1. The maximum atomic E-state index is 13.2. The quantitative estimate of drug-likeness (QED) is 0.561. The average Bonchev–Trinajstić information content (AvgIpc) is 2.90. The number of hydrogen-bond donors (Lipinski definition) is 0. The van der Waals surface area contributed by atoms with Crippen LogP contribution in [0.25, 0.3) is 6.08 Å². The third kappa shape index (κ3) is 4.27. The molecule has 0 aliphatic carbocycles. The summed E-state index contributed by atoms with van der Waals surface area (Å²) in [5, 5.41) is 9.76. The second kappa shape index (κ2) is 9.19. The van der Waals surface area contributed by atoms with E-state index in [-0.39, 0.29) is 17.5 Å². The van der Waals surface area contributed by atoms with Gasteiger partial charge in [-0.15, -0.1) is 0 Å². The Bertz CT molecular complexity index is 999. The van der Waals surface area contributed by atoms with Gasteiger partial charge in [0.2, 0.25) is 0 Å². The molecular weight excluding hydrogens is 376 g/mol. The number of fused-ring (bicyclic) bond motifs is 1. The number of benzene rings is 1. The minimum absolute atomic E-state index is 0.164. The highest BCUT2D eigenvalue weighted by Crippen LogP contribution is 2.26. The predicted molar refractivity (Wildman–Crippen MR) is 119 cm³/mol. The largest absolute Gasteiger partial charge is 0.383 e. The zero-order valence-corrected chi connectivity index (χ0v) is 18.5. The number of para-hydroxylation sites is 1. The van der Waals surface area contributed by atoms with Crippen LogP contribution in [0.5, 0.6) is 0 Å². The van der Waals surface area contributed by atoms with Gasteiger partial charge in [0.15, 0.2) is 0 Å². The molecule has 2 aromatic rings. The second-order valence-corrected chi connectivity index (χ2v) is 7.95. The zero-order valence-electron chi connectivity index (χ0n) is 18.5. The molecule has 1 aromatic carbocycles. The standard InChI is InChI=1S/C24H30N4O2/c1-17-12-21(19(3)28(17)18(2)16-30-5)13-22(14-25)24(29)27-11-10-26(4)23-9-7-6-8-20(23)15-27/h6-9,12-13,18H,10-11,15-16H2,1-5H3/b22-13-. The lowest BCUT2D eigenvalue weighted by molar-refractivity contribution is -0.127. The van der Waals surface area contributed by atoms with Crippen LogP contribution in [0.4, 0.5) is 5.69 Å². The minimum Gasteiger partial charge on any atom is -0.383 e. The van der Waals surface area contributed by atoms with Crippen LogP contribution >= 0.6 is 0 Å². The van der Waals surface area contributed by atoms with Crippen molar-refractivity contribution >= 4 is 17.7 Å². The molecule has 0 saturated heterocycles. The van der Waals surface area contributed by atoms with Crippen LogP contribution in [0.2, 0.25) is 0 Å². The number of carbonyl (C=O) groups excluding carboxylic acids is 1. The Kier molecular flexibility index (Phi) is 6.63. The Balaban J connectivity index is 1.90. The average molecular weight is 407 g/mol. The Hall–Kier alpha value is -3.04.